The van der Waals surface area contributed by atoms with E-state index in [1.54, 1.807) is 0 Å². The van der Waals surface area contributed by atoms with Crippen LogP contribution in [0.5, 0.6) is 0 Å². The molecular weight excluding hydrogens is 170 g/mol. The molecule has 0 amide bonds. The Labute approximate surface area is 63.5 Å². The van der Waals surface area contributed by atoms with E-state index in [-0.39, 0.29) is 22.8 Å². The Bertz CT molecular complexity index is 79.7. The van der Waals surface area contributed by atoms with E-state index >= 15 is 0 Å². The summed E-state index contributed by atoms with van der Waals surface area (Å²) < 4.78 is 0. The minimum absolute atomic E-state index is 0. The molecule has 0 radical (unpaired) electrons. The first-order valence-electron chi connectivity index (χ1n) is 1.77. The van der Waals surface area contributed by atoms with Crippen LogP contribution in [0.2, 0.25) is 0 Å². The molecule has 0 rings (SSSR count). The fraction of sp³-hybridized carbons (Fsp3) is 0.667. The Hall–Kier alpha value is 0.299. The van der Waals surface area contributed by atoms with Crippen LogP contribution < -0.4 is 5.73 Å². The third kappa shape index (κ3) is 4.46. The smallest absolute Gasteiger partial charge is 0.321 e. The van der Waals surface area contributed by atoms with Crippen molar-refractivity contribution in [1.29, 1.82) is 0 Å². The van der Waals surface area contributed by atoms with Gasteiger partial charge in [0.15, 0.2) is 0 Å². The summed E-state index contributed by atoms with van der Waals surface area (Å²) in [7, 11) is 0. The molecule has 8 heavy (non-hydrogen) atoms. The second-order valence-electron chi connectivity index (χ2n) is 1.13. The summed E-state index contributed by atoms with van der Waals surface area (Å²) in [6, 6.07) is -0.816. The average Bonchev–Trinajstić information content (AvgIpc) is 1.65. The molecule has 0 unspecified atom stereocenters. The van der Waals surface area contributed by atoms with Crippen LogP contribution in [-0.2, 0) is 21.9 Å². The number of carbonyl (C=O) groups is 1. The molecule has 0 heterocycles. The van der Waals surface area contributed by atoms with E-state index < -0.39 is 12.0 Å². The van der Waals surface area contributed by atoms with E-state index in [4.69, 9.17) is 10.8 Å². The Kier molecular flexibility index (Phi) is 7.57. The summed E-state index contributed by atoms with van der Waals surface area (Å²) in [6.07, 6.45) is 0. The number of carboxylic acid groups (broad SMARTS) is 1. The number of thiol groups is 1. The van der Waals surface area contributed by atoms with Crippen molar-refractivity contribution in [2.75, 3.05) is 5.75 Å². The third-order valence-electron chi connectivity index (χ3n) is 0.514. The molecule has 0 aliphatic rings. The van der Waals surface area contributed by atoms with Crippen LogP contribution >= 0.6 is 12.6 Å². The molecule has 50 valence electrons. The molecule has 0 saturated carbocycles. The molecule has 0 saturated heterocycles. The van der Waals surface area contributed by atoms with Crippen molar-refractivity contribution >= 4 is 18.6 Å². The van der Waals surface area contributed by atoms with E-state index in [9.17, 15) is 4.79 Å². The van der Waals surface area contributed by atoms with Crippen molar-refractivity contribution < 1.29 is 27.0 Å². The maximum absolute atomic E-state index is 9.76. The first-order chi connectivity index (χ1) is 3.18. The van der Waals surface area contributed by atoms with Gasteiger partial charge in [0.05, 0.1) is 0 Å². The van der Waals surface area contributed by atoms with E-state index in [1.165, 1.54) is 0 Å². The van der Waals surface area contributed by atoms with Crippen molar-refractivity contribution in [2.24, 2.45) is 5.73 Å². The monoisotopic (exact) mass is 177 g/mol. The Morgan fingerprint density at radius 2 is 2.25 bits per heavy atom. The molecule has 0 spiro atoms. The van der Waals surface area contributed by atoms with Gasteiger partial charge in [-0.15, -0.1) is 0 Å². The number of aliphatic carboxylic acids is 1. The second-order valence-corrected chi connectivity index (χ2v) is 1.49. The van der Waals surface area contributed by atoms with Crippen molar-refractivity contribution in [3.05, 3.63) is 0 Å². The minimum Gasteiger partial charge on any atom is -0.480 e. The summed E-state index contributed by atoms with van der Waals surface area (Å²) in [5.41, 5.74) is 4.94. The quantitative estimate of drug-likeness (QED) is 0.387. The summed E-state index contributed by atoms with van der Waals surface area (Å²) in [6.45, 7) is 0. The van der Waals surface area contributed by atoms with E-state index in [0.717, 1.165) is 0 Å². The molecule has 0 bridgehead atoms. The van der Waals surface area contributed by atoms with Crippen molar-refractivity contribution in [1.82, 2.24) is 0 Å². The Morgan fingerprint density at radius 3 is 2.25 bits per heavy atom. The predicted molar refractivity (Wildman–Crippen MR) is 29.5 cm³/mol. The minimum atomic E-state index is -1.00. The van der Waals surface area contributed by atoms with Crippen LogP contribution in [0.1, 0.15) is 0 Å². The molecule has 0 aliphatic heterocycles. The zero-order valence-electron chi connectivity index (χ0n) is 4.02. The van der Waals surface area contributed by atoms with Crippen molar-refractivity contribution in [3.63, 3.8) is 0 Å². The molecule has 1 atom stereocenters. The SMILES string of the molecule is N[C@@H](CS)C(=O)O.[Fe]. The first-order valence-corrected chi connectivity index (χ1v) is 2.41. The van der Waals surface area contributed by atoms with Crippen LogP contribution in [-0.4, -0.2) is 22.9 Å². The summed E-state index contributed by atoms with van der Waals surface area (Å²) in [5.74, 6) is -0.815. The number of hydrogen-bond acceptors (Lipinski definition) is 3. The zero-order chi connectivity index (χ0) is 5.86. The van der Waals surface area contributed by atoms with Gasteiger partial charge in [-0.05, 0) is 0 Å². The molecule has 0 aliphatic carbocycles. The van der Waals surface area contributed by atoms with Crippen LogP contribution in [0.15, 0.2) is 0 Å². The summed E-state index contributed by atoms with van der Waals surface area (Å²) in [5, 5.41) is 8.01. The second kappa shape index (κ2) is 5.44. The van der Waals surface area contributed by atoms with Gasteiger partial charge in [0, 0.05) is 22.8 Å². The molecule has 5 heteroatoms. The molecular formula is C3H7FeNO2S. The fourth-order valence-electron chi connectivity index (χ4n) is 0.0781. The number of carboxylic acids is 1. The van der Waals surface area contributed by atoms with Crippen LogP contribution in [0, 0.1) is 0 Å². The average molecular weight is 177 g/mol. The Balaban J connectivity index is 0. The van der Waals surface area contributed by atoms with E-state index in [2.05, 4.69) is 12.6 Å². The molecule has 0 fully saturated rings. The van der Waals surface area contributed by atoms with Gasteiger partial charge in [0.1, 0.15) is 6.04 Å². The predicted octanol–water partition coefficient (Wildman–Crippen LogP) is -0.674. The van der Waals surface area contributed by atoms with Gasteiger partial charge in [-0.1, -0.05) is 0 Å². The van der Waals surface area contributed by atoms with Gasteiger partial charge in [0.2, 0.25) is 0 Å². The first kappa shape index (κ1) is 11.1. The number of nitrogens with two attached hydrogens (primary N) is 1. The van der Waals surface area contributed by atoms with E-state index in [0.29, 0.717) is 0 Å². The zero-order valence-corrected chi connectivity index (χ0v) is 6.02. The molecule has 0 aromatic rings. The van der Waals surface area contributed by atoms with Crippen LogP contribution in [0.4, 0.5) is 0 Å². The Morgan fingerprint density at radius 1 is 1.88 bits per heavy atom. The molecule has 0 aromatic carbocycles. The van der Waals surface area contributed by atoms with Crippen LogP contribution in [0.3, 0.4) is 0 Å². The summed E-state index contributed by atoms with van der Waals surface area (Å²) >= 11 is 3.65. The number of rotatable bonds is 2. The fourth-order valence-corrected chi connectivity index (χ4v) is 0.234. The molecule has 0 aromatic heterocycles. The standard InChI is InChI=1S/C3H7NO2S.Fe/c4-2(1-7)3(5)6;/h2,7H,1,4H2,(H,5,6);/t2-;/m0./s1. The van der Waals surface area contributed by atoms with E-state index in [1.807, 2.05) is 0 Å². The van der Waals surface area contributed by atoms with Gasteiger partial charge in [-0.2, -0.15) is 12.6 Å². The van der Waals surface area contributed by atoms with Gasteiger partial charge in [0.25, 0.3) is 0 Å². The topological polar surface area (TPSA) is 63.3 Å². The third-order valence-corrected chi connectivity index (χ3v) is 0.907. The van der Waals surface area contributed by atoms with Crippen molar-refractivity contribution in [3.8, 4) is 0 Å². The molecule has 3 nitrogen and oxygen atoms in total. The number of hydrogen-bond donors (Lipinski definition) is 3. The van der Waals surface area contributed by atoms with Crippen molar-refractivity contribution in [2.45, 2.75) is 6.04 Å². The van der Waals surface area contributed by atoms with Gasteiger partial charge in [-0.3, -0.25) is 4.79 Å². The molecule has 3 N–H and O–H groups in total. The van der Waals surface area contributed by atoms with Crippen LogP contribution in [0.25, 0.3) is 0 Å². The largest absolute Gasteiger partial charge is 0.480 e. The van der Waals surface area contributed by atoms with Gasteiger partial charge in [-0.25, -0.2) is 0 Å². The summed E-state index contributed by atoms with van der Waals surface area (Å²) in [4.78, 5) is 9.76. The van der Waals surface area contributed by atoms with Gasteiger partial charge < -0.3 is 10.8 Å². The maximum atomic E-state index is 9.76. The maximum Gasteiger partial charge on any atom is 0.321 e. The normalized spacial score (nSPS) is 11.8. The van der Waals surface area contributed by atoms with Gasteiger partial charge >= 0.3 is 5.97 Å².